The van der Waals surface area contributed by atoms with E-state index in [1.807, 2.05) is 52.0 Å². The van der Waals surface area contributed by atoms with Gasteiger partial charge in [-0.1, -0.05) is 6.07 Å². The normalized spacial score (nSPS) is 13.4. The van der Waals surface area contributed by atoms with Crippen molar-refractivity contribution in [2.45, 2.75) is 34.1 Å². The third kappa shape index (κ3) is 4.25. The minimum Gasteiger partial charge on any atom is -0.336 e. The van der Waals surface area contributed by atoms with Gasteiger partial charge in [0.1, 0.15) is 0 Å². The van der Waals surface area contributed by atoms with Gasteiger partial charge in [0.25, 0.3) is 5.95 Å². The fourth-order valence-electron chi connectivity index (χ4n) is 3.76. The number of carbonyl (C=O) groups is 2. The molecule has 160 valence electrons. The third-order valence-corrected chi connectivity index (χ3v) is 5.24. The van der Waals surface area contributed by atoms with Crippen LogP contribution in [0, 0.1) is 27.7 Å². The van der Waals surface area contributed by atoms with E-state index < -0.39 is 0 Å². The first-order chi connectivity index (χ1) is 14.8. The van der Waals surface area contributed by atoms with Crippen LogP contribution in [-0.4, -0.2) is 44.8 Å². The van der Waals surface area contributed by atoms with Crippen molar-refractivity contribution in [2.75, 3.05) is 23.3 Å². The molecule has 1 saturated heterocycles. The van der Waals surface area contributed by atoms with Crippen molar-refractivity contribution in [2.24, 2.45) is 0 Å². The number of nitrogens with one attached hydrogen (secondary N) is 2. The number of aryl methyl sites for hydroxylation is 3. The van der Waals surface area contributed by atoms with Gasteiger partial charge >= 0.3 is 6.03 Å². The molecule has 2 aromatic heterocycles. The predicted molar refractivity (Wildman–Crippen MR) is 118 cm³/mol. The summed E-state index contributed by atoms with van der Waals surface area (Å²) in [4.78, 5) is 35.3. The lowest BCUT2D eigenvalue weighted by molar-refractivity contribution is -0.115. The highest BCUT2D eigenvalue weighted by Crippen LogP contribution is 2.22. The molecule has 1 fully saturated rings. The number of hydrogen-bond donors (Lipinski definition) is 2. The van der Waals surface area contributed by atoms with Gasteiger partial charge < -0.3 is 10.6 Å². The SMILES string of the molecule is Cc1cc(C)nc(-n2nc(C)c(CC(=O)Nc3cccc(N4CCNC4=O)c3)c2C)n1. The lowest BCUT2D eigenvalue weighted by Crippen LogP contribution is -2.27. The maximum absolute atomic E-state index is 12.8. The third-order valence-electron chi connectivity index (χ3n) is 5.24. The average molecular weight is 419 g/mol. The number of hydrogen-bond acceptors (Lipinski definition) is 5. The first-order valence-electron chi connectivity index (χ1n) is 10.1. The number of benzene rings is 1. The molecule has 0 bridgehead atoms. The highest BCUT2D eigenvalue weighted by molar-refractivity contribution is 5.96. The summed E-state index contributed by atoms with van der Waals surface area (Å²) in [5.74, 6) is 0.344. The largest absolute Gasteiger partial charge is 0.336 e. The molecule has 0 radical (unpaired) electrons. The second kappa shape index (κ2) is 8.17. The average Bonchev–Trinajstić information content (AvgIpc) is 3.25. The zero-order valence-electron chi connectivity index (χ0n) is 18.1. The zero-order valence-corrected chi connectivity index (χ0v) is 18.1. The minimum absolute atomic E-state index is 0.129. The van der Waals surface area contributed by atoms with E-state index >= 15 is 0 Å². The van der Waals surface area contributed by atoms with E-state index in [0.717, 1.165) is 34.0 Å². The van der Waals surface area contributed by atoms with Crippen LogP contribution >= 0.6 is 0 Å². The Morgan fingerprint density at radius 3 is 2.55 bits per heavy atom. The number of carbonyl (C=O) groups excluding carboxylic acids is 2. The molecule has 31 heavy (non-hydrogen) atoms. The molecule has 1 aromatic carbocycles. The molecule has 0 saturated carbocycles. The Morgan fingerprint density at radius 2 is 1.87 bits per heavy atom. The van der Waals surface area contributed by atoms with Gasteiger partial charge in [0.05, 0.1) is 12.1 Å². The van der Waals surface area contributed by atoms with Crippen LogP contribution in [0.1, 0.15) is 28.3 Å². The molecule has 1 aliphatic heterocycles. The van der Waals surface area contributed by atoms with Gasteiger partial charge in [0.15, 0.2) is 0 Å². The van der Waals surface area contributed by atoms with E-state index in [2.05, 4.69) is 25.7 Å². The van der Waals surface area contributed by atoms with Crippen molar-refractivity contribution in [1.29, 1.82) is 0 Å². The Hall–Kier alpha value is -3.75. The van der Waals surface area contributed by atoms with Gasteiger partial charge in [-0.3, -0.25) is 9.69 Å². The first kappa shape index (κ1) is 20.5. The van der Waals surface area contributed by atoms with E-state index in [1.165, 1.54) is 0 Å². The molecule has 0 spiro atoms. The van der Waals surface area contributed by atoms with Crippen molar-refractivity contribution in [3.05, 3.63) is 58.7 Å². The number of amides is 3. The molecule has 3 heterocycles. The first-order valence-corrected chi connectivity index (χ1v) is 10.1. The molecule has 0 aliphatic carbocycles. The summed E-state index contributed by atoms with van der Waals surface area (Å²) in [5.41, 5.74) is 5.55. The van der Waals surface area contributed by atoms with E-state index in [-0.39, 0.29) is 18.4 Å². The summed E-state index contributed by atoms with van der Waals surface area (Å²) in [6.45, 7) is 8.84. The summed E-state index contributed by atoms with van der Waals surface area (Å²) < 4.78 is 1.69. The van der Waals surface area contributed by atoms with Crippen LogP contribution in [-0.2, 0) is 11.2 Å². The Kier molecular flexibility index (Phi) is 5.41. The number of aromatic nitrogens is 4. The Balaban J connectivity index is 1.52. The fraction of sp³-hybridized carbons (Fsp3) is 0.318. The quantitative estimate of drug-likeness (QED) is 0.661. The lowest BCUT2D eigenvalue weighted by atomic mass is 10.1. The maximum Gasteiger partial charge on any atom is 0.321 e. The second-order valence-electron chi connectivity index (χ2n) is 7.67. The molecule has 0 atom stereocenters. The highest BCUT2D eigenvalue weighted by Gasteiger charge is 2.22. The van der Waals surface area contributed by atoms with Crippen LogP contribution in [0.3, 0.4) is 0 Å². The van der Waals surface area contributed by atoms with E-state index in [4.69, 9.17) is 0 Å². The second-order valence-corrected chi connectivity index (χ2v) is 7.67. The molecule has 9 nitrogen and oxygen atoms in total. The maximum atomic E-state index is 12.8. The zero-order chi connectivity index (χ0) is 22.1. The minimum atomic E-state index is -0.157. The van der Waals surface area contributed by atoms with Crippen LogP contribution in [0.2, 0.25) is 0 Å². The van der Waals surface area contributed by atoms with Gasteiger partial charge in [0.2, 0.25) is 5.91 Å². The topological polar surface area (TPSA) is 105 Å². The van der Waals surface area contributed by atoms with Crippen LogP contribution in [0.5, 0.6) is 0 Å². The smallest absolute Gasteiger partial charge is 0.321 e. The summed E-state index contributed by atoms with van der Waals surface area (Å²) in [6, 6.07) is 9.06. The monoisotopic (exact) mass is 419 g/mol. The van der Waals surface area contributed by atoms with Crippen LogP contribution in [0.15, 0.2) is 30.3 Å². The van der Waals surface area contributed by atoms with Crippen LogP contribution in [0.4, 0.5) is 16.2 Å². The molecule has 4 rings (SSSR count). The van der Waals surface area contributed by atoms with Crippen molar-refractivity contribution in [3.8, 4) is 5.95 Å². The van der Waals surface area contributed by atoms with Gasteiger partial charge in [-0.25, -0.2) is 19.4 Å². The van der Waals surface area contributed by atoms with Gasteiger partial charge in [-0.2, -0.15) is 5.10 Å². The summed E-state index contributed by atoms with van der Waals surface area (Å²) in [6.07, 6.45) is 0.177. The van der Waals surface area contributed by atoms with Gasteiger partial charge in [-0.15, -0.1) is 0 Å². The molecular formula is C22H25N7O2. The van der Waals surface area contributed by atoms with Gasteiger partial charge in [0, 0.05) is 47.1 Å². The Labute approximate surface area is 180 Å². The van der Waals surface area contributed by atoms with Crippen molar-refractivity contribution in [3.63, 3.8) is 0 Å². The molecule has 0 unspecified atom stereocenters. The van der Waals surface area contributed by atoms with Gasteiger partial charge in [-0.05, 0) is 52.0 Å². The van der Waals surface area contributed by atoms with Crippen LogP contribution in [0.25, 0.3) is 5.95 Å². The number of nitrogens with zero attached hydrogens (tertiary/aromatic N) is 5. The van der Waals surface area contributed by atoms with E-state index in [0.29, 0.717) is 24.7 Å². The van der Waals surface area contributed by atoms with Crippen molar-refractivity contribution in [1.82, 2.24) is 25.1 Å². The molecule has 3 amide bonds. The Bertz CT molecular complexity index is 1150. The molecule has 2 N–H and O–H groups in total. The van der Waals surface area contributed by atoms with E-state index in [1.54, 1.807) is 15.6 Å². The number of urea groups is 1. The molecule has 9 heteroatoms. The summed E-state index contributed by atoms with van der Waals surface area (Å²) in [5, 5.41) is 10.3. The molecule has 1 aliphatic rings. The lowest BCUT2D eigenvalue weighted by Gasteiger charge is -2.15. The van der Waals surface area contributed by atoms with E-state index in [9.17, 15) is 9.59 Å². The molecular weight excluding hydrogens is 394 g/mol. The highest BCUT2D eigenvalue weighted by atomic mass is 16.2. The standard InChI is InChI=1S/C22H25N7O2/c1-13-10-14(2)25-21(24-13)29-16(4)19(15(3)27-29)12-20(30)26-17-6-5-7-18(11-17)28-9-8-23-22(28)31/h5-7,10-11H,8-9,12H2,1-4H3,(H,23,31)(H,26,30). The van der Waals surface area contributed by atoms with Crippen LogP contribution < -0.4 is 15.5 Å². The summed E-state index contributed by atoms with van der Waals surface area (Å²) in [7, 11) is 0. The molecule has 3 aromatic rings. The fourth-order valence-corrected chi connectivity index (χ4v) is 3.76. The van der Waals surface area contributed by atoms with Crippen molar-refractivity contribution < 1.29 is 9.59 Å². The van der Waals surface area contributed by atoms with Crippen molar-refractivity contribution >= 4 is 23.3 Å². The summed E-state index contributed by atoms with van der Waals surface area (Å²) >= 11 is 0. The number of rotatable bonds is 5. The Morgan fingerprint density at radius 1 is 1.13 bits per heavy atom. The predicted octanol–water partition coefficient (Wildman–Crippen LogP) is 2.61. The number of anilines is 2.